The SMILES string of the molecule is COc1cc(OC)c(C(=O)Pc2ccc(Oc3ccccc3)cc2Oc2ccccc2)c(OC)c1. The molecule has 0 aromatic heterocycles. The van der Waals surface area contributed by atoms with Crippen LogP contribution in [0.3, 0.4) is 0 Å². The largest absolute Gasteiger partial charge is 0.496 e. The molecule has 35 heavy (non-hydrogen) atoms. The first-order chi connectivity index (χ1) is 17.1. The normalized spacial score (nSPS) is 10.7. The van der Waals surface area contributed by atoms with Crippen LogP contribution in [0, 0.1) is 0 Å². The molecule has 4 aromatic rings. The van der Waals surface area contributed by atoms with E-state index in [0.717, 1.165) is 5.30 Å². The van der Waals surface area contributed by atoms with Gasteiger partial charge in [0.15, 0.2) is 5.52 Å². The minimum Gasteiger partial charge on any atom is -0.496 e. The van der Waals surface area contributed by atoms with Crippen LogP contribution >= 0.6 is 8.58 Å². The summed E-state index contributed by atoms with van der Waals surface area (Å²) in [4.78, 5) is 13.5. The van der Waals surface area contributed by atoms with Crippen LogP contribution < -0.4 is 29.0 Å². The van der Waals surface area contributed by atoms with Crippen LogP contribution in [0.5, 0.6) is 40.2 Å². The van der Waals surface area contributed by atoms with Crippen molar-refractivity contribution in [3.05, 3.63) is 96.6 Å². The zero-order valence-electron chi connectivity index (χ0n) is 19.6. The Morgan fingerprint density at radius 1 is 0.571 bits per heavy atom. The second-order valence-corrected chi connectivity index (χ2v) is 8.59. The summed E-state index contributed by atoms with van der Waals surface area (Å²) in [5.41, 5.74) is 0.195. The highest BCUT2D eigenvalue weighted by Gasteiger charge is 2.22. The number of methoxy groups -OCH3 is 3. The Kier molecular flexibility index (Phi) is 7.86. The number of para-hydroxylation sites is 2. The summed E-state index contributed by atoms with van der Waals surface area (Å²) in [7, 11) is 4.31. The summed E-state index contributed by atoms with van der Waals surface area (Å²) in [6.07, 6.45) is 0. The molecule has 1 unspecified atom stereocenters. The van der Waals surface area contributed by atoms with Gasteiger partial charge in [0, 0.05) is 23.5 Å². The molecule has 0 aliphatic carbocycles. The van der Waals surface area contributed by atoms with E-state index in [1.54, 1.807) is 25.3 Å². The second kappa shape index (κ2) is 11.4. The first-order valence-corrected chi connectivity index (χ1v) is 11.8. The quantitative estimate of drug-likeness (QED) is 0.239. The summed E-state index contributed by atoms with van der Waals surface area (Å²) in [5.74, 6) is 3.79. The molecule has 1 atom stereocenters. The second-order valence-electron chi connectivity index (χ2n) is 7.35. The number of rotatable bonds is 10. The van der Waals surface area contributed by atoms with E-state index in [4.69, 9.17) is 23.7 Å². The molecule has 0 N–H and O–H groups in total. The van der Waals surface area contributed by atoms with Crippen LogP contribution in [0.15, 0.2) is 91.0 Å². The predicted octanol–water partition coefficient (Wildman–Crippen LogP) is 6.44. The molecule has 0 amide bonds. The zero-order valence-corrected chi connectivity index (χ0v) is 20.6. The Hall–Kier alpha value is -4.02. The number of carbonyl (C=O) groups is 1. The fourth-order valence-electron chi connectivity index (χ4n) is 3.41. The van der Waals surface area contributed by atoms with Gasteiger partial charge in [0.05, 0.1) is 21.3 Å². The Labute approximate surface area is 206 Å². The summed E-state index contributed by atoms with van der Waals surface area (Å²) < 4.78 is 28.4. The minimum absolute atomic E-state index is 0.156. The van der Waals surface area contributed by atoms with Gasteiger partial charge >= 0.3 is 0 Å². The van der Waals surface area contributed by atoms with Crippen molar-refractivity contribution in [2.75, 3.05) is 21.3 Å². The molecular formula is C28H25O6P. The molecule has 4 aromatic carbocycles. The van der Waals surface area contributed by atoms with Crippen LogP contribution in [0.2, 0.25) is 0 Å². The first-order valence-electron chi connectivity index (χ1n) is 10.8. The third kappa shape index (κ3) is 5.92. The predicted molar refractivity (Wildman–Crippen MR) is 138 cm³/mol. The van der Waals surface area contributed by atoms with Crippen molar-refractivity contribution in [1.29, 1.82) is 0 Å². The van der Waals surface area contributed by atoms with Gasteiger partial charge in [-0.25, -0.2) is 0 Å². The Morgan fingerprint density at radius 2 is 1.11 bits per heavy atom. The van der Waals surface area contributed by atoms with E-state index >= 15 is 0 Å². The third-order valence-electron chi connectivity index (χ3n) is 5.09. The lowest BCUT2D eigenvalue weighted by Gasteiger charge is -2.16. The average Bonchev–Trinajstić information content (AvgIpc) is 2.90. The maximum Gasteiger partial charge on any atom is 0.193 e. The summed E-state index contributed by atoms with van der Waals surface area (Å²) >= 11 is 0. The molecule has 0 radical (unpaired) electrons. The highest BCUT2D eigenvalue weighted by atomic mass is 31.1. The molecule has 0 fully saturated rings. The zero-order chi connectivity index (χ0) is 24.6. The monoisotopic (exact) mass is 488 g/mol. The molecule has 0 saturated heterocycles. The minimum atomic E-state index is -0.253. The van der Waals surface area contributed by atoms with Crippen molar-refractivity contribution in [1.82, 2.24) is 0 Å². The third-order valence-corrected chi connectivity index (χ3v) is 6.25. The first kappa shape index (κ1) is 24.1. The molecule has 0 aliphatic heterocycles. The molecule has 0 spiro atoms. The van der Waals surface area contributed by atoms with Crippen molar-refractivity contribution in [2.24, 2.45) is 0 Å². The number of carbonyl (C=O) groups excluding carboxylic acids is 1. The van der Waals surface area contributed by atoms with Crippen molar-refractivity contribution in [3.8, 4) is 40.2 Å². The smallest absolute Gasteiger partial charge is 0.193 e. The van der Waals surface area contributed by atoms with Crippen molar-refractivity contribution < 1.29 is 28.5 Å². The van der Waals surface area contributed by atoms with Gasteiger partial charge in [-0.3, -0.25) is 4.79 Å². The van der Waals surface area contributed by atoms with Crippen molar-refractivity contribution in [2.45, 2.75) is 0 Å². The van der Waals surface area contributed by atoms with Gasteiger partial charge in [-0.1, -0.05) is 36.4 Å². The van der Waals surface area contributed by atoms with Gasteiger partial charge in [0.2, 0.25) is 0 Å². The lowest BCUT2D eigenvalue weighted by Crippen LogP contribution is -2.08. The van der Waals surface area contributed by atoms with E-state index in [9.17, 15) is 4.79 Å². The lowest BCUT2D eigenvalue weighted by molar-refractivity contribution is 0.108. The molecule has 0 bridgehead atoms. The van der Waals surface area contributed by atoms with Crippen LogP contribution in [0.25, 0.3) is 0 Å². The highest BCUT2D eigenvalue weighted by Crippen LogP contribution is 2.39. The van der Waals surface area contributed by atoms with E-state index in [1.165, 1.54) is 14.2 Å². The maximum absolute atomic E-state index is 13.5. The standard InChI is InChI=1S/C28H25O6P/c1-30-22-17-24(31-2)27(25(18-22)32-3)28(29)35-26-15-14-21(33-19-10-6-4-7-11-19)16-23(26)34-20-12-8-5-9-13-20/h4-18,35H,1-3H3. The molecule has 4 rings (SSSR count). The molecule has 0 heterocycles. The molecule has 7 heteroatoms. The van der Waals surface area contributed by atoms with Gasteiger partial charge in [0.25, 0.3) is 0 Å². The fourth-order valence-corrected chi connectivity index (χ4v) is 4.44. The van der Waals surface area contributed by atoms with Crippen molar-refractivity contribution >= 4 is 19.4 Å². The fraction of sp³-hybridized carbons (Fsp3) is 0.107. The van der Waals surface area contributed by atoms with Crippen LogP contribution in [-0.4, -0.2) is 26.9 Å². The van der Waals surface area contributed by atoms with E-state index in [-0.39, 0.29) is 14.1 Å². The van der Waals surface area contributed by atoms with Crippen LogP contribution in [-0.2, 0) is 0 Å². The van der Waals surface area contributed by atoms with E-state index in [0.29, 0.717) is 45.8 Å². The Morgan fingerprint density at radius 3 is 1.66 bits per heavy atom. The van der Waals surface area contributed by atoms with Crippen LogP contribution in [0.4, 0.5) is 0 Å². The van der Waals surface area contributed by atoms with Gasteiger partial charge < -0.3 is 23.7 Å². The van der Waals surface area contributed by atoms with Gasteiger partial charge in [-0.15, -0.1) is 0 Å². The molecule has 6 nitrogen and oxygen atoms in total. The molecule has 0 saturated carbocycles. The Bertz CT molecular complexity index is 1270. The topological polar surface area (TPSA) is 63.2 Å². The Balaban J connectivity index is 1.69. The number of ether oxygens (including phenoxy) is 5. The highest BCUT2D eigenvalue weighted by molar-refractivity contribution is 7.66. The number of benzene rings is 4. The molecule has 178 valence electrons. The number of hydrogen-bond donors (Lipinski definition) is 0. The maximum atomic E-state index is 13.5. The van der Waals surface area contributed by atoms with Crippen molar-refractivity contribution in [3.63, 3.8) is 0 Å². The number of hydrogen-bond acceptors (Lipinski definition) is 6. The van der Waals surface area contributed by atoms with Gasteiger partial charge in [-0.2, -0.15) is 0 Å². The van der Waals surface area contributed by atoms with E-state index in [1.807, 2.05) is 72.8 Å². The van der Waals surface area contributed by atoms with E-state index in [2.05, 4.69) is 0 Å². The molecule has 0 aliphatic rings. The molecular weight excluding hydrogens is 463 g/mol. The van der Waals surface area contributed by atoms with E-state index < -0.39 is 0 Å². The summed E-state index contributed by atoms with van der Waals surface area (Å²) in [6.45, 7) is 0. The van der Waals surface area contributed by atoms with Gasteiger partial charge in [0.1, 0.15) is 45.8 Å². The average molecular weight is 488 g/mol. The lowest BCUT2D eigenvalue weighted by atomic mass is 10.2. The summed E-state index contributed by atoms with van der Waals surface area (Å²) in [6, 6.07) is 27.7. The van der Waals surface area contributed by atoms with Crippen LogP contribution in [0.1, 0.15) is 10.4 Å². The summed E-state index contributed by atoms with van der Waals surface area (Å²) in [5, 5.41) is 0.721. The van der Waals surface area contributed by atoms with Gasteiger partial charge in [-0.05, 0) is 45.0 Å².